The van der Waals surface area contributed by atoms with Gasteiger partial charge in [0.1, 0.15) is 0 Å². The van der Waals surface area contributed by atoms with E-state index in [4.69, 9.17) is 23.2 Å². The average molecular weight is 317 g/mol. The maximum absolute atomic E-state index is 6.15. The van der Waals surface area contributed by atoms with Gasteiger partial charge >= 0.3 is 0 Å². The van der Waals surface area contributed by atoms with Crippen molar-refractivity contribution < 1.29 is 0 Å². The molecule has 1 N–H and O–H groups in total. The minimum atomic E-state index is 0.0349. The second-order valence-corrected chi connectivity index (χ2v) is 5.63. The summed E-state index contributed by atoms with van der Waals surface area (Å²) in [6, 6.07) is 15.9. The Balaban J connectivity index is 2.16. The monoisotopic (exact) mass is 316 g/mol. The fourth-order valence-corrected chi connectivity index (χ4v) is 2.88. The van der Waals surface area contributed by atoms with Gasteiger partial charge in [0.2, 0.25) is 0 Å². The summed E-state index contributed by atoms with van der Waals surface area (Å²) < 4.78 is 0. The fraction of sp³-hybridized carbons (Fsp3) is 0.118. The van der Waals surface area contributed by atoms with Gasteiger partial charge in [-0.3, -0.25) is 4.98 Å². The molecule has 0 bridgehead atoms. The van der Waals surface area contributed by atoms with Gasteiger partial charge in [0, 0.05) is 11.6 Å². The molecule has 4 heteroatoms. The highest BCUT2D eigenvalue weighted by Gasteiger charge is 2.16. The van der Waals surface area contributed by atoms with E-state index in [2.05, 4.69) is 22.4 Å². The highest BCUT2D eigenvalue weighted by molar-refractivity contribution is 6.42. The molecule has 0 aliphatic carbocycles. The van der Waals surface area contributed by atoms with Crippen LogP contribution in [0.1, 0.15) is 17.2 Å². The first-order chi connectivity index (χ1) is 10.2. The second-order valence-electron chi connectivity index (χ2n) is 4.81. The van der Waals surface area contributed by atoms with E-state index >= 15 is 0 Å². The largest absolute Gasteiger partial charge is 0.309 e. The molecule has 1 unspecified atom stereocenters. The molecular weight excluding hydrogens is 303 g/mol. The Hall–Kier alpha value is -1.61. The molecule has 0 amide bonds. The zero-order valence-electron chi connectivity index (χ0n) is 11.5. The van der Waals surface area contributed by atoms with Crippen molar-refractivity contribution in [3.63, 3.8) is 0 Å². The van der Waals surface area contributed by atoms with Gasteiger partial charge in [0.25, 0.3) is 0 Å². The minimum absolute atomic E-state index is 0.0349. The molecular formula is C17H14Cl2N2. The maximum atomic E-state index is 6.15. The molecule has 21 heavy (non-hydrogen) atoms. The number of aromatic nitrogens is 1. The Morgan fingerprint density at radius 3 is 2.62 bits per heavy atom. The number of nitrogens with zero attached hydrogens (tertiary/aromatic N) is 1. The molecule has 0 radical (unpaired) electrons. The number of fused-ring (bicyclic) bond motifs is 1. The number of nitrogens with one attached hydrogen (secondary N) is 1. The SMILES string of the molecule is CNC(c1ccc(Cl)c(Cl)c1)c1cccc2ncccc12. The first kappa shape index (κ1) is 14.3. The summed E-state index contributed by atoms with van der Waals surface area (Å²) >= 11 is 12.2. The number of rotatable bonds is 3. The van der Waals surface area contributed by atoms with Crippen molar-refractivity contribution in [1.82, 2.24) is 10.3 Å². The van der Waals surface area contributed by atoms with Crippen molar-refractivity contribution in [3.8, 4) is 0 Å². The van der Waals surface area contributed by atoms with Crippen molar-refractivity contribution in [1.29, 1.82) is 0 Å². The Labute approximate surface area is 133 Å². The van der Waals surface area contributed by atoms with Crippen LogP contribution >= 0.6 is 23.2 Å². The van der Waals surface area contributed by atoms with Gasteiger partial charge in [0.15, 0.2) is 0 Å². The predicted molar refractivity (Wildman–Crippen MR) is 89.1 cm³/mol. The topological polar surface area (TPSA) is 24.9 Å². The van der Waals surface area contributed by atoms with Crippen LogP contribution in [-0.2, 0) is 0 Å². The van der Waals surface area contributed by atoms with Crippen LogP contribution in [-0.4, -0.2) is 12.0 Å². The van der Waals surface area contributed by atoms with E-state index in [0.717, 1.165) is 16.5 Å². The standard InChI is InChI=1S/C17H14Cl2N2/c1-20-17(11-7-8-14(18)15(19)10-11)13-4-2-6-16-12(13)5-3-9-21-16/h2-10,17,20H,1H3. The van der Waals surface area contributed by atoms with E-state index in [9.17, 15) is 0 Å². The lowest BCUT2D eigenvalue weighted by molar-refractivity contribution is 0.697. The van der Waals surface area contributed by atoms with E-state index in [1.54, 1.807) is 6.20 Å². The number of halogens is 2. The molecule has 2 nitrogen and oxygen atoms in total. The molecule has 106 valence electrons. The highest BCUT2D eigenvalue weighted by atomic mass is 35.5. The Morgan fingerprint density at radius 1 is 1.00 bits per heavy atom. The second kappa shape index (κ2) is 6.02. The van der Waals surface area contributed by atoms with Crippen molar-refractivity contribution in [2.75, 3.05) is 7.05 Å². The van der Waals surface area contributed by atoms with Crippen molar-refractivity contribution in [2.24, 2.45) is 0 Å². The molecule has 0 aliphatic heterocycles. The zero-order valence-corrected chi connectivity index (χ0v) is 13.0. The third kappa shape index (κ3) is 2.75. The lowest BCUT2D eigenvalue weighted by atomic mass is 9.95. The van der Waals surface area contributed by atoms with Crippen molar-refractivity contribution in [3.05, 3.63) is 75.9 Å². The summed E-state index contributed by atoms with van der Waals surface area (Å²) in [5.74, 6) is 0. The number of hydrogen-bond acceptors (Lipinski definition) is 2. The molecule has 0 aliphatic rings. The molecule has 3 rings (SSSR count). The van der Waals surface area contributed by atoms with Crippen LogP contribution in [0, 0.1) is 0 Å². The summed E-state index contributed by atoms with van der Waals surface area (Å²) in [5.41, 5.74) is 3.22. The number of pyridine rings is 1. The quantitative estimate of drug-likeness (QED) is 0.747. The number of benzene rings is 2. The molecule has 0 fully saturated rings. The zero-order chi connectivity index (χ0) is 14.8. The van der Waals surface area contributed by atoms with Crippen LogP contribution < -0.4 is 5.32 Å². The summed E-state index contributed by atoms with van der Waals surface area (Å²) in [7, 11) is 1.93. The molecule has 0 spiro atoms. The lowest BCUT2D eigenvalue weighted by Gasteiger charge is -2.19. The Bertz CT molecular complexity index is 781. The first-order valence-corrected chi connectivity index (χ1v) is 7.42. The average Bonchev–Trinajstić information content (AvgIpc) is 2.52. The molecule has 1 atom stereocenters. The lowest BCUT2D eigenvalue weighted by Crippen LogP contribution is -2.18. The Morgan fingerprint density at radius 2 is 1.86 bits per heavy atom. The molecule has 3 aromatic rings. The van der Waals surface area contributed by atoms with E-state index in [-0.39, 0.29) is 6.04 Å². The molecule has 1 heterocycles. The van der Waals surface area contributed by atoms with E-state index in [1.165, 1.54) is 5.56 Å². The van der Waals surface area contributed by atoms with Crippen LogP contribution in [0.5, 0.6) is 0 Å². The predicted octanol–water partition coefficient (Wildman–Crippen LogP) is 4.85. The van der Waals surface area contributed by atoms with Gasteiger partial charge in [-0.15, -0.1) is 0 Å². The van der Waals surface area contributed by atoms with Crippen LogP contribution in [0.3, 0.4) is 0 Å². The smallest absolute Gasteiger partial charge is 0.0705 e. The molecule has 0 saturated heterocycles. The highest BCUT2D eigenvalue weighted by Crippen LogP contribution is 2.31. The van der Waals surface area contributed by atoms with Gasteiger partial charge in [-0.25, -0.2) is 0 Å². The third-order valence-corrected chi connectivity index (χ3v) is 4.30. The van der Waals surface area contributed by atoms with Crippen molar-refractivity contribution in [2.45, 2.75) is 6.04 Å². The van der Waals surface area contributed by atoms with Gasteiger partial charge in [0.05, 0.1) is 21.6 Å². The van der Waals surface area contributed by atoms with Gasteiger partial charge < -0.3 is 5.32 Å². The Kier molecular flexibility index (Phi) is 4.11. The first-order valence-electron chi connectivity index (χ1n) is 6.66. The van der Waals surface area contributed by atoms with Crippen LogP contribution in [0.4, 0.5) is 0 Å². The molecule has 1 aromatic heterocycles. The van der Waals surface area contributed by atoms with E-state index < -0.39 is 0 Å². The maximum Gasteiger partial charge on any atom is 0.0705 e. The normalized spacial score (nSPS) is 12.5. The van der Waals surface area contributed by atoms with Crippen LogP contribution in [0.2, 0.25) is 10.0 Å². The van der Waals surface area contributed by atoms with Crippen molar-refractivity contribution >= 4 is 34.1 Å². The minimum Gasteiger partial charge on any atom is -0.309 e. The summed E-state index contributed by atoms with van der Waals surface area (Å²) in [6.45, 7) is 0. The van der Waals surface area contributed by atoms with E-state index in [0.29, 0.717) is 10.0 Å². The molecule has 2 aromatic carbocycles. The van der Waals surface area contributed by atoms with Gasteiger partial charge in [-0.2, -0.15) is 0 Å². The van der Waals surface area contributed by atoms with Gasteiger partial charge in [-0.05, 0) is 42.4 Å². The van der Waals surface area contributed by atoms with E-state index in [1.807, 2.05) is 43.4 Å². The third-order valence-electron chi connectivity index (χ3n) is 3.56. The fourth-order valence-electron chi connectivity index (χ4n) is 2.57. The van der Waals surface area contributed by atoms with Gasteiger partial charge in [-0.1, -0.05) is 47.5 Å². The molecule has 0 saturated carbocycles. The van der Waals surface area contributed by atoms with Crippen LogP contribution in [0.25, 0.3) is 10.9 Å². The summed E-state index contributed by atoms with van der Waals surface area (Å²) in [6.07, 6.45) is 1.81. The summed E-state index contributed by atoms with van der Waals surface area (Å²) in [5, 5.41) is 5.60. The van der Waals surface area contributed by atoms with Crippen LogP contribution in [0.15, 0.2) is 54.7 Å². The number of hydrogen-bond donors (Lipinski definition) is 1. The summed E-state index contributed by atoms with van der Waals surface area (Å²) in [4.78, 5) is 4.41.